The summed E-state index contributed by atoms with van der Waals surface area (Å²) in [5, 5.41) is 11.9. The second-order valence-electron chi connectivity index (χ2n) is 3.94. The van der Waals surface area contributed by atoms with Crippen LogP contribution in [0.15, 0.2) is 28.7 Å². The van der Waals surface area contributed by atoms with Crippen molar-refractivity contribution < 1.29 is 9.90 Å². The molecule has 3 nitrogen and oxygen atoms in total. The third-order valence-corrected chi connectivity index (χ3v) is 2.91. The van der Waals surface area contributed by atoms with E-state index in [0.717, 1.165) is 10.0 Å². The number of benzene rings is 1. The molecule has 0 aliphatic rings. The fourth-order valence-electron chi connectivity index (χ4n) is 1.60. The highest BCUT2D eigenvalue weighted by Crippen LogP contribution is 2.17. The number of carboxylic acids is 1. The van der Waals surface area contributed by atoms with E-state index in [1.807, 2.05) is 38.1 Å². The smallest absolute Gasteiger partial charge is 0.304 e. The molecule has 0 amide bonds. The molecule has 0 aliphatic heterocycles. The van der Waals surface area contributed by atoms with E-state index in [-0.39, 0.29) is 18.5 Å². The zero-order valence-corrected chi connectivity index (χ0v) is 11.0. The summed E-state index contributed by atoms with van der Waals surface area (Å²) in [7, 11) is 0. The van der Waals surface area contributed by atoms with E-state index in [9.17, 15) is 4.79 Å². The number of halogens is 1. The predicted molar refractivity (Wildman–Crippen MR) is 67.4 cm³/mol. The summed E-state index contributed by atoms with van der Waals surface area (Å²) in [5.74, 6) is -0.775. The lowest BCUT2D eigenvalue weighted by atomic mass is 10.1. The van der Waals surface area contributed by atoms with Crippen molar-refractivity contribution >= 4 is 21.9 Å². The molecule has 1 aromatic carbocycles. The molecule has 0 radical (unpaired) electrons. The average molecular weight is 286 g/mol. The molecule has 0 heterocycles. The Kier molecular flexibility index (Phi) is 4.96. The molecule has 16 heavy (non-hydrogen) atoms. The zero-order chi connectivity index (χ0) is 12.1. The Morgan fingerprint density at radius 1 is 1.38 bits per heavy atom. The molecule has 0 saturated heterocycles. The van der Waals surface area contributed by atoms with Crippen LogP contribution >= 0.6 is 15.9 Å². The van der Waals surface area contributed by atoms with Crippen molar-refractivity contribution in [2.75, 3.05) is 0 Å². The molecule has 88 valence electrons. The van der Waals surface area contributed by atoms with Crippen molar-refractivity contribution in [3.8, 4) is 0 Å². The van der Waals surface area contributed by atoms with Crippen molar-refractivity contribution in [2.45, 2.75) is 32.4 Å². The van der Waals surface area contributed by atoms with Crippen LogP contribution in [-0.2, 0) is 4.79 Å². The fraction of sp³-hybridized carbons (Fsp3) is 0.417. The highest BCUT2D eigenvalue weighted by atomic mass is 79.9. The molecule has 1 rings (SSSR count). The monoisotopic (exact) mass is 285 g/mol. The summed E-state index contributed by atoms with van der Waals surface area (Å²) in [6, 6.07) is 8.13. The number of carboxylic acid groups (broad SMARTS) is 1. The lowest BCUT2D eigenvalue weighted by Crippen LogP contribution is -2.30. The number of rotatable bonds is 5. The minimum atomic E-state index is -0.775. The van der Waals surface area contributed by atoms with Gasteiger partial charge < -0.3 is 10.4 Å². The average Bonchev–Trinajstić information content (AvgIpc) is 2.16. The summed E-state index contributed by atoms with van der Waals surface area (Å²) in [5.41, 5.74) is 1.15. The summed E-state index contributed by atoms with van der Waals surface area (Å²) < 4.78 is 1.04. The summed E-state index contributed by atoms with van der Waals surface area (Å²) in [4.78, 5) is 10.5. The van der Waals surface area contributed by atoms with Gasteiger partial charge in [-0.3, -0.25) is 4.79 Å². The van der Waals surface area contributed by atoms with E-state index in [0.29, 0.717) is 0 Å². The van der Waals surface area contributed by atoms with Gasteiger partial charge in [-0.15, -0.1) is 0 Å². The van der Waals surface area contributed by atoms with Crippen LogP contribution in [0, 0.1) is 0 Å². The first-order valence-corrected chi connectivity index (χ1v) is 6.01. The fourth-order valence-corrected chi connectivity index (χ4v) is 1.86. The predicted octanol–water partition coefficient (Wildman–Crippen LogP) is 2.96. The first-order valence-electron chi connectivity index (χ1n) is 5.22. The molecule has 0 spiro atoms. The first-order chi connectivity index (χ1) is 7.49. The molecule has 0 aliphatic carbocycles. The van der Waals surface area contributed by atoms with Crippen LogP contribution < -0.4 is 5.32 Å². The molecule has 0 bridgehead atoms. The van der Waals surface area contributed by atoms with Gasteiger partial charge in [0.15, 0.2) is 0 Å². The molecule has 2 N–H and O–H groups in total. The molecular weight excluding hydrogens is 270 g/mol. The number of hydrogen-bond donors (Lipinski definition) is 2. The van der Waals surface area contributed by atoms with E-state index in [1.165, 1.54) is 0 Å². The van der Waals surface area contributed by atoms with Gasteiger partial charge in [0.05, 0.1) is 6.42 Å². The van der Waals surface area contributed by atoms with Crippen LogP contribution in [0.2, 0.25) is 0 Å². The molecule has 2 unspecified atom stereocenters. The SMILES string of the molecule is CC(CC(=O)O)NC(C)c1ccc(Br)cc1. The molecule has 1 aromatic rings. The summed E-state index contributed by atoms with van der Waals surface area (Å²) >= 11 is 3.38. The van der Waals surface area contributed by atoms with Crippen LogP contribution in [0.3, 0.4) is 0 Å². The van der Waals surface area contributed by atoms with Gasteiger partial charge in [-0.1, -0.05) is 28.1 Å². The number of nitrogens with one attached hydrogen (secondary N) is 1. The summed E-state index contributed by atoms with van der Waals surface area (Å²) in [6.45, 7) is 3.91. The second-order valence-corrected chi connectivity index (χ2v) is 4.85. The van der Waals surface area contributed by atoms with E-state index in [1.54, 1.807) is 0 Å². The molecule has 0 fully saturated rings. The van der Waals surface area contributed by atoms with Gasteiger partial charge in [0.1, 0.15) is 0 Å². The van der Waals surface area contributed by atoms with Crippen molar-refractivity contribution in [3.63, 3.8) is 0 Å². The Balaban J connectivity index is 2.54. The highest BCUT2D eigenvalue weighted by Gasteiger charge is 2.11. The van der Waals surface area contributed by atoms with E-state index >= 15 is 0 Å². The Morgan fingerprint density at radius 3 is 2.44 bits per heavy atom. The van der Waals surface area contributed by atoms with Crippen molar-refractivity contribution in [1.82, 2.24) is 5.32 Å². The maximum Gasteiger partial charge on any atom is 0.304 e. The minimum Gasteiger partial charge on any atom is -0.481 e. The third-order valence-electron chi connectivity index (χ3n) is 2.39. The Bertz CT molecular complexity index is 351. The van der Waals surface area contributed by atoms with Crippen molar-refractivity contribution in [3.05, 3.63) is 34.3 Å². The Morgan fingerprint density at radius 2 is 1.94 bits per heavy atom. The number of carbonyl (C=O) groups is 1. The van der Waals surface area contributed by atoms with Crippen LogP contribution in [0.4, 0.5) is 0 Å². The van der Waals surface area contributed by atoms with Crippen LogP contribution in [0.25, 0.3) is 0 Å². The normalized spacial score (nSPS) is 14.4. The van der Waals surface area contributed by atoms with Gasteiger partial charge in [-0.25, -0.2) is 0 Å². The second kappa shape index (κ2) is 6.01. The van der Waals surface area contributed by atoms with Crippen molar-refractivity contribution in [2.24, 2.45) is 0 Å². The lowest BCUT2D eigenvalue weighted by Gasteiger charge is -2.19. The molecule has 0 saturated carbocycles. The maximum atomic E-state index is 10.5. The van der Waals surface area contributed by atoms with Crippen LogP contribution in [0.1, 0.15) is 31.9 Å². The van der Waals surface area contributed by atoms with Crippen LogP contribution in [-0.4, -0.2) is 17.1 Å². The molecule has 0 aromatic heterocycles. The van der Waals surface area contributed by atoms with Gasteiger partial charge in [-0.2, -0.15) is 0 Å². The van der Waals surface area contributed by atoms with E-state index in [4.69, 9.17) is 5.11 Å². The standard InChI is InChI=1S/C12H16BrNO2/c1-8(7-12(15)16)14-9(2)10-3-5-11(13)6-4-10/h3-6,8-9,14H,7H2,1-2H3,(H,15,16). The van der Waals surface area contributed by atoms with E-state index < -0.39 is 5.97 Å². The number of aliphatic carboxylic acids is 1. The largest absolute Gasteiger partial charge is 0.481 e. The van der Waals surface area contributed by atoms with Gasteiger partial charge in [0, 0.05) is 16.6 Å². The minimum absolute atomic E-state index is 0.0313. The Labute approximate surface area is 104 Å². The topological polar surface area (TPSA) is 49.3 Å². The lowest BCUT2D eigenvalue weighted by molar-refractivity contribution is -0.137. The quantitative estimate of drug-likeness (QED) is 0.875. The first kappa shape index (κ1) is 13.2. The van der Waals surface area contributed by atoms with Gasteiger partial charge in [-0.05, 0) is 31.5 Å². The van der Waals surface area contributed by atoms with Gasteiger partial charge in [0.25, 0.3) is 0 Å². The maximum absolute atomic E-state index is 10.5. The molecular formula is C12H16BrNO2. The molecule has 2 atom stereocenters. The summed E-state index contributed by atoms with van der Waals surface area (Å²) in [6.07, 6.45) is 0.140. The third kappa shape index (κ3) is 4.33. The van der Waals surface area contributed by atoms with Crippen LogP contribution in [0.5, 0.6) is 0 Å². The number of hydrogen-bond acceptors (Lipinski definition) is 2. The van der Waals surface area contributed by atoms with Gasteiger partial charge >= 0.3 is 5.97 Å². The molecule has 4 heteroatoms. The van der Waals surface area contributed by atoms with E-state index in [2.05, 4.69) is 21.2 Å². The zero-order valence-electron chi connectivity index (χ0n) is 9.40. The van der Waals surface area contributed by atoms with Gasteiger partial charge in [0.2, 0.25) is 0 Å². The highest BCUT2D eigenvalue weighted by molar-refractivity contribution is 9.10. The van der Waals surface area contributed by atoms with Crippen molar-refractivity contribution in [1.29, 1.82) is 0 Å². The Hall–Kier alpha value is -0.870.